The molecule has 3 heteroatoms. The summed E-state index contributed by atoms with van der Waals surface area (Å²) in [7, 11) is 0. The number of Topliss-reactive ketones (excluding diaryl/α,β-unsaturated/α-hetero) is 1. The lowest BCUT2D eigenvalue weighted by Gasteiger charge is -1.92. The Morgan fingerprint density at radius 2 is 2.31 bits per heavy atom. The van der Waals surface area contributed by atoms with Crippen molar-refractivity contribution in [1.82, 2.24) is 4.98 Å². The van der Waals surface area contributed by atoms with Gasteiger partial charge in [-0.25, -0.2) is 4.98 Å². The maximum absolute atomic E-state index is 10.8. The van der Waals surface area contributed by atoms with Crippen LogP contribution in [0.4, 0.5) is 0 Å². The summed E-state index contributed by atoms with van der Waals surface area (Å²) in [6.07, 6.45) is 1.45. The highest BCUT2D eigenvalue weighted by Gasteiger charge is 1.97. The predicted octanol–water partition coefficient (Wildman–Crippen LogP) is 1.16. The topological polar surface area (TPSA) is 53.8 Å². The summed E-state index contributed by atoms with van der Waals surface area (Å²) in [4.78, 5) is 14.7. The Kier molecular flexibility index (Phi) is 2.78. The number of nitrogens with zero attached hydrogens (tertiary/aromatic N) is 2. The Bertz CT molecular complexity index is 415. The Morgan fingerprint density at radius 3 is 2.77 bits per heavy atom. The number of carbonyl (C=O) groups excluding carboxylic acids is 1. The van der Waals surface area contributed by atoms with Gasteiger partial charge in [-0.2, -0.15) is 5.26 Å². The van der Waals surface area contributed by atoms with Gasteiger partial charge in [0.2, 0.25) is 0 Å². The maximum atomic E-state index is 10.8. The van der Waals surface area contributed by atoms with Gasteiger partial charge in [0.15, 0.2) is 11.9 Å². The first-order valence-corrected chi connectivity index (χ1v) is 3.61. The van der Waals surface area contributed by atoms with Gasteiger partial charge in [-0.1, -0.05) is 0 Å². The number of ketones is 1. The highest BCUT2D eigenvalue weighted by Crippen LogP contribution is 1.99. The summed E-state index contributed by atoms with van der Waals surface area (Å²) < 4.78 is 0. The van der Waals surface area contributed by atoms with Crippen molar-refractivity contribution in [3.05, 3.63) is 29.6 Å². The van der Waals surface area contributed by atoms with E-state index in [9.17, 15) is 4.79 Å². The minimum absolute atomic E-state index is 0.0349. The van der Waals surface area contributed by atoms with Gasteiger partial charge < -0.3 is 0 Å². The molecule has 0 spiro atoms. The molecule has 0 N–H and O–H groups in total. The Balaban J connectivity index is 2.95. The van der Waals surface area contributed by atoms with Gasteiger partial charge in [0.05, 0.1) is 0 Å². The molecule has 0 aromatic carbocycles. The van der Waals surface area contributed by atoms with Gasteiger partial charge in [-0.15, -0.1) is 0 Å². The van der Waals surface area contributed by atoms with Crippen LogP contribution in [-0.4, -0.2) is 10.8 Å². The lowest BCUT2D eigenvalue weighted by molar-refractivity contribution is 0.101. The molecule has 0 aliphatic carbocycles. The fourth-order valence-corrected chi connectivity index (χ4v) is 0.768. The summed E-state index contributed by atoms with van der Waals surface area (Å²) in [6.45, 7) is 1.47. The zero-order valence-corrected chi connectivity index (χ0v) is 7.03. The molecule has 1 rings (SSSR count). The van der Waals surface area contributed by atoms with E-state index in [1.54, 1.807) is 18.2 Å². The van der Waals surface area contributed by atoms with Crippen LogP contribution in [-0.2, 0) is 0 Å². The summed E-state index contributed by atoms with van der Waals surface area (Å²) >= 11 is 0. The molecule has 1 aromatic rings. The van der Waals surface area contributed by atoms with Crippen LogP contribution in [0.25, 0.3) is 0 Å². The summed E-state index contributed by atoms with van der Waals surface area (Å²) in [6, 6.07) is 4.93. The number of pyridine rings is 1. The van der Waals surface area contributed by atoms with Gasteiger partial charge in [0.25, 0.3) is 0 Å². The van der Waals surface area contributed by atoms with Crippen LogP contribution in [0.3, 0.4) is 0 Å². The second kappa shape index (κ2) is 4.04. The first kappa shape index (κ1) is 8.96. The third-order valence-electron chi connectivity index (χ3n) is 1.42. The summed E-state index contributed by atoms with van der Waals surface area (Å²) in [5.41, 5.74) is 1.04. The molecule has 0 aliphatic rings. The van der Waals surface area contributed by atoms with Crippen molar-refractivity contribution < 1.29 is 4.79 Å². The van der Waals surface area contributed by atoms with Gasteiger partial charge in [0.1, 0.15) is 5.69 Å². The third kappa shape index (κ3) is 2.43. The first-order chi connectivity index (χ1) is 6.24. The van der Waals surface area contributed by atoms with Crippen molar-refractivity contribution in [2.45, 2.75) is 6.92 Å². The molecule has 1 heterocycles. The molecule has 0 unspecified atom stereocenters. The van der Waals surface area contributed by atoms with E-state index in [2.05, 4.69) is 16.8 Å². The fraction of sp³-hybridized carbons (Fsp3) is 0.100. The Hall–Kier alpha value is -2.13. The zero-order chi connectivity index (χ0) is 9.68. The van der Waals surface area contributed by atoms with Gasteiger partial charge in [-0.05, 0) is 25.0 Å². The van der Waals surface area contributed by atoms with E-state index in [1.165, 1.54) is 13.1 Å². The molecule has 62 valence electrons. The maximum Gasteiger partial charge on any atom is 0.161 e. The van der Waals surface area contributed by atoms with Crippen LogP contribution >= 0.6 is 0 Å². The number of nitriles is 1. The van der Waals surface area contributed by atoms with Crippen molar-refractivity contribution in [3.8, 4) is 17.9 Å². The van der Waals surface area contributed by atoms with Gasteiger partial charge >= 0.3 is 0 Å². The van der Waals surface area contributed by atoms with E-state index in [1.807, 2.05) is 0 Å². The minimum atomic E-state index is -0.0349. The highest BCUT2D eigenvalue weighted by atomic mass is 16.1. The molecule has 0 aliphatic heterocycles. The molecule has 0 radical (unpaired) electrons. The van der Waals surface area contributed by atoms with Crippen LogP contribution in [0.15, 0.2) is 18.3 Å². The number of rotatable bonds is 1. The van der Waals surface area contributed by atoms with Gasteiger partial charge in [0, 0.05) is 17.7 Å². The fourth-order valence-electron chi connectivity index (χ4n) is 0.768. The smallest absolute Gasteiger partial charge is 0.161 e. The minimum Gasteiger partial charge on any atom is -0.294 e. The third-order valence-corrected chi connectivity index (χ3v) is 1.42. The predicted molar refractivity (Wildman–Crippen MR) is 46.7 cm³/mol. The molecular formula is C10H6N2O. The second-order valence-electron chi connectivity index (χ2n) is 2.35. The van der Waals surface area contributed by atoms with E-state index >= 15 is 0 Å². The molecule has 1 aromatic heterocycles. The Morgan fingerprint density at radius 1 is 1.54 bits per heavy atom. The van der Waals surface area contributed by atoms with Crippen molar-refractivity contribution >= 4 is 5.78 Å². The zero-order valence-electron chi connectivity index (χ0n) is 7.03. The summed E-state index contributed by atoms with van der Waals surface area (Å²) in [5, 5.41) is 8.16. The first-order valence-electron chi connectivity index (χ1n) is 3.61. The molecule has 0 saturated carbocycles. The molecule has 0 bridgehead atoms. The van der Waals surface area contributed by atoms with Gasteiger partial charge in [-0.3, -0.25) is 4.79 Å². The van der Waals surface area contributed by atoms with E-state index in [-0.39, 0.29) is 5.78 Å². The SMILES string of the molecule is CC(=O)c1ccc(C#CC#N)nc1. The molecule has 0 fully saturated rings. The largest absolute Gasteiger partial charge is 0.294 e. The second-order valence-corrected chi connectivity index (χ2v) is 2.35. The number of hydrogen-bond donors (Lipinski definition) is 0. The van der Waals surface area contributed by atoms with E-state index < -0.39 is 0 Å². The van der Waals surface area contributed by atoms with Crippen LogP contribution < -0.4 is 0 Å². The lowest BCUT2D eigenvalue weighted by Crippen LogP contribution is -1.93. The van der Waals surface area contributed by atoms with Crippen LogP contribution in [0, 0.1) is 23.2 Å². The van der Waals surface area contributed by atoms with E-state index in [0.29, 0.717) is 11.3 Å². The average Bonchev–Trinajstić information content (AvgIpc) is 2.15. The lowest BCUT2D eigenvalue weighted by atomic mass is 10.2. The van der Waals surface area contributed by atoms with Crippen molar-refractivity contribution in [1.29, 1.82) is 5.26 Å². The number of aromatic nitrogens is 1. The van der Waals surface area contributed by atoms with E-state index in [0.717, 1.165) is 0 Å². The molecule has 0 amide bonds. The molecule has 13 heavy (non-hydrogen) atoms. The average molecular weight is 170 g/mol. The van der Waals surface area contributed by atoms with Crippen molar-refractivity contribution in [2.24, 2.45) is 0 Å². The monoisotopic (exact) mass is 170 g/mol. The highest BCUT2D eigenvalue weighted by molar-refractivity contribution is 5.93. The summed E-state index contributed by atoms with van der Waals surface area (Å²) in [5.74, 6) is 4.71. The van der Waals surface area contributed by atoms with E-state index in [4.69, 9.17) is 5.26 Å². The van der Waals surface area contributed by atoms with Crippen molar-refractivity contribution in [2.75, 3.05) is 0 Å². The molecule has 0 saturated heterocycles. The van der Waals surface area contributed by atoms with Crippen molar-refractivity contribution in [3.63, 3.8) is 0 Å². The molecular weight excluding hydrogens is 164 g/mol. The standard InChI is InChI=1S/C10H6N2O/c1-8(13)9-4-5-10(12-7-9)3-2-6-11/h4-5,7H,1H3. The quantitative estimate of drug-likeness (QED) is 0.469. The van der Waals surface area contributed by atoms with Crippen LogP contribution in [0.5, 0.6) is 0 Å². The normalized spacial score (nSPS) is 8.00. The molecule has 0 atom stereocenters. The number of hydrogen-bond acceptors (Lipinski definition) is 3. The Labute approximate surface area is 76.0 Å². The van der Waals surface area contributed by atoms with Crippen LogP contribution in [0.2, 0.25) is 0 Å². The molecule has 3 nitrogen and oxygen atoms in total. The number of carbonyl (C=O) groups is 1. The van der Waals surface area contributed by atoms with Crippen LogP contribution in [0.1, 0.15) is 23.0 Å².